The lowest BCUT2D eigenvalue weighted by molar-refractivity contribution is 0.249. The Kier molecular flexibility index (Phi) is 6.24. The van der Waals surface area contributed by atoms with Gasteiger partial charge in [-0.15, -0.1) is 0 Å². The van der Waals surface area contributed by atoms with Crippen molar-refractivity contribution in [2.75, 3.05) is 7.11 Å². The van der Waals surface area contributed by atoms with Crippen LogP contribution in [0.1, 0.15) is 6.92 Å². The second kappa shape index (κ2) is 7.15. The molecule has 0 aromatic heterocycles. The summed E-state index contributed by atoms with van der Waals surface area (Å²) in [5.41, 5.74) is 6.97. The number of carbonyl (C=O) groups is 1. The lowest BCUT2D eigenvalue weighted by Crippen LogP contribution is -2.25. The van der Waals surface area contributed by atoms with E-state index in [1.165, 1.54) is 13.0 Å². The van der Waals surface area contributed by atoms with Crippen molar-refractivity contribution in [3.05, 3.63) is 36.1 Å². The molecule has 0 heterocycles. The van der Waals surface area contributed by atoms with E-state index in [0.717, 1.165) is 13.2 Å². The number of rotatable bonds is 5. The van der Waals surface area contributed by atoms with Crippen LogP contribution in [0.2, 0.25) is 0 Å². The first-order chi connectivity index (χ1) is 7.88. The number of amides is 2. The Labute approximate surface area is 97.3 Å². The maximum Gasteiger partial charge on any atom is 0.332 e. The number of allylic oxidation sites excluding steroid dienone is 4. The van der Waals surface area contributed by atoms with Crippen molar-refractivity contribution < 1.29 is 18.3 Å². The summed E-state index contributed by atoms with van der Waals surface area (Å²) in [7, 11) is 1.11. The van der Waals surface area contributed by atoms with E-state index in [0.29, 0.717) is 0 Å². The number of urea groups is 1. The number of methoxy groups -OCH3 is 1. The standard InChI is InChI=1S/C10H13F2N3O2/c1-6(14-15-10(13)16)4-5-8(12)9(17-3)7(2)11/h4-5H,2H2,1,3H3,(H3,13,15,16)/b5-4+,9-8-,14-6+. The second-order valence-electron chi connectivity index (χ2n) is 2.85. The number of halogens is 2. The highest BCUT2D eigenvalue weighted by atomic mass is 19.1. The molecule has 0 spiro atoms. The van der Waals surface area contributed by atoms with Crippen molar-refractivity contribution in [2.24, 2.45) is 10.8 Å². The fraction of sp³-hybridized carbons (Fsp3) is 0.200. The van der Waals surface area contributed by atoms with Crippen LogP contribution in [0.5, 0.6) is 0 Å². The Morgan fingerprint density at radius 3 is 2.47 bits per heavy atom. The van der Waals surface area contributed by atoms with E-state index in [2.05, 4.69) is 16.4 Å². The van der Waals surface area contributed by atoms with Crippen molar-refractivity contribution >= 4 is 11.7 Å². The van der Waals surface area contributed by atoms with Gasteiger partial charge < -0.3 is 10.5 Å². The highest BCUT2D eigenvalue weighted by Crippen LogP contribution is 2.17. The third-order valence-electron chi connectivity index (χ3n) is 1.48. The number of hydrogen-bond acceptors (Lipinski definition) is 3. The van der Waals surface area contributed by atoms with Gasteiger partial charge in [0, 0.05) is 0 Å². The maximum absolute atomic E-state index is 13.3. The Balaban J connectivity index is 4.77. The average molecular weight is 245 g/mol. The van der Waals surface area contributed by atoms with Crippen molar-refractivity contribution in [3.8, 4) is 0 Å². The molecule has 0 aliphatic carbocycles. The van der Waals surface area contributed by atoms with Crippen molar-refractivity contribution in [1.29, 1.82) is 0 Å². The van der Waals surface area contributed by atoms with Crippen LogP contribution in [0, 0.1) is 0 Å². The van der Waals surface area contributed by atoms with Gasteiger partial charge in [0.1, 0.15) is 0 Å². The first-order valence-electron chi connectivity index (χ1n) is 4.44. The van der Waals surface area contributed by atoms with Gasteiger partial charge in [-0.25, -0.2) is 19.0 Å². The molecule has 2 amide bonds. The Bertz CT molecular complexity index is 400. The SMILES string of the molecule is C=C(F)\C(OC)=C(F)/C=C/C(C)=N/NC(N)=O. The molecule has 0 atom stereocenters. The van der Waals surface area contributed by atoms with Gasteiger partial charge in [0.25, 0.3) is 0 Å². The molecule has 0 aromatic rings. The van der Waals surface area contributed by atoms with E-state index >= 15 is 0 Å². The number of nitrogens with zero attached hydrogens (tertiary/aromatic N) is 1. The molecule has 0 saturated heterocycles. The molecule has 5 nitrogen and oxygen atoms in total. The smallest absolute Gasteiger partial charge is 0.332 e. The minimum Gasteiger partial charge on any atom is -0.491 e. The summed E-state index contributed by atoms with van der Waals surface area (Å²) < 4.78 is 30.4. The topological polar surface area (TPSA) is 76.7 Å². The number of carbonyl (C=O) groups excluding carboxylic acids is 1. The average Bonchev–Trinajstić information content (AvgIpc) is 2.23. The maximum atomic E-state index is 13.3. The fourth-order valence-corrected chi connectivity index (χ4v) is 0.788. The zero-order valence-electron chi connectivity index (χ0n) is 9.46. The normalized spacial score (nSPS) is 13.3. The molecular formula is C10H13F2N3O2. The summed E-state index contributed by atoms with van der Waals surface area (Å²) in [6.07, 6.45) is 2.12. The summed E-state index contributed by atoms with van der Waals surface area (Å²) in [5.74, 6) is -2.58. The molecule has 0 fully saturated rings. The van der Waals surface area contributed by atoms with E-state index < -0.39 is 23.4 Å². The highest BCUT2D eigenvalue weighted by Gasteiger charge is 2.07. The highest BCUT2D eigenvalue weighted by molar-refractivity contribution is 5.93. The first-order valence-corrected chi connectivity index (χ1v) is 4.44. The second-order valence-corrected chi connectivity index (χ2v) is 2.85. The van der Waals surface area contributed by atoms with Gasteiger partial charge >= 0.3 is 6.03 Å². The quantitative estimate of drug-likeness (QED) is 0.336. The van der Waals surface area contributed by atoms with Crippen LogP contribution in [-0.4, -0.2) is 18.9 Å². The summed E-state index contributed by atoms with van der Waals surface area (Å²) in [5, 5.41) is 3.48. The molecule has 0 aliphatic rings. The van der Waals surface area contributed by atoms with Gasteiger partial charge in [0.2, 0.25) is 0 Å². The lowest BCUT2D eigenvalue weighted by Gasteiger charge is -2.01. The monoisotopic (exact) mass is 245 g/mol. The molecule has 0 aliphatic heterocycles. The summed E-state index contributed by atoms with van der Waals surface area (Å²) >= 11 is 0. The Morgan fingerprint density at radius 2 is 2.06 bits per heavy atom. The van der Waals surface area contributed by atoms with E-state index in [1.54, 1.807) is 0 Å². The summed E-state index contributed by atoms with van der Waals surface area (Å²) in [4.78, 5) is 10.3. The summed E-state index contributed by atoms with van der Waals surface area (Å²) in [6, 6.07) is -0.844. The van der Waals surface area contributed by atoms with Gasteiger partial charge in [0.15, 0.2) is 17.4 Å². The molecular weight excluding hydrogens is 232 g/mol. The number of hydrogen-bond donors (Lipinski definition) is 2. The molecule has 94 valence electrons. The van der Waals surface area contributed by atoms with Crippen LogP contribution in [0.4, 0.5) is 13.6 Å². The largest absolute Gasteiger partial charge is 0.491 e. The number of nitrogens with two attached hydrogens (primary N) is 1. The van der Waals surface area contributed by atoms with Crippen molar-refractivity contribution in [1.82, 2.24) is 5.43 Å². The zero-order valence-corrected chi connectivity index (χ0v) is 9.46. The van der Waals surface area contributed by atoms with Crippen molar-refractivity contribution in [3.63, 3.8) is 0 Å². The van der Waals surface area contributed by atoms with Crippen LogP contribution >= 0.6 is 0 Å². The number of primary amides is 1. The van der Waals surface area contributed by atoms with Crippen LogP contribution in [0.25, 0.3) is 0 Å². The van der Waals surface area contributed by atoms with Crippen LogP contribution in [-0.2, 0) is 4.74 Å². The molecule has 7 heteroatoms. The number of nitrogens with one attached hydrogen (secondary N) is 1. The van der Waals surface area contributed by atoms with Crippen LogP contribution < -0.4 is 11.2 Å². The van der Waals surface area contributed by atoms with Crippen molar-refractivity contribution in [2.45, 2.75) is 6.92 Å². The van der Waals surface area contributed by atoms with Gasteiger partial charge in [-0.1, -0.05) is 6.58 Å². The van der Waals surface area contributed by atoms with E-state index in [-0.39, 0.29) is 5.71 Å². The predicted molar refractivity (Wildman–Crippen MR) is 60.4 cm³/mol. The minimum atomic E-state index is -1.03. The number of ether oxygens (including phenoxy) is 1. The van der Waals surface area contributed by atoms with Crippen LogP contribution in [0.15, 0.2) is 41.2 Å². The van der Waals surface area contributed by atoms with Gasteiger partial charge in [-0.2, -0.15) is 5.10 Å². The molecule has 0 unspecified atom stereocenters. The van der Waals surface area contributed by atoms with E-state index in [4.69, 9.17) is 5.73 Å². The van der Waals surface area contributed by atoms with Crippen LogP contribution in [0.3, 0.4) is 0 Å². The first kappa shape index (κ1) is 14.8. The third-order valence-corrected chi connectivity index (χ3v) is 1.48. The molecule has 0 saturated carbocycles. The molecule has 0 radical (unpaired) electrons. The summed E-state index contributed by atoms with van der Waals surface area (Å²) in [6.45, 7) is 4.39. The number of hydrazone groups is 1. The Morgan fingerprint density at radius 1 is 1.47 bits per heavy atom. The third kappa shape index (κ3) is 6.08. The predicted octanol–water partition coefficient (Wildman–Crippen LogP) is 1.90. The molecule has 3 N–H and O–H groups in total. The van der Waals surface area contributed by atoms with Gasteiger partial charge in [0.05, 0.1) is 12.8 Å². The lowest BCUT2D eigenvalue weighted by atomic mass is 10.3. The van der Waals surface area contributed by atoms with Gasteiger partial charge in [-0.05, 0) is 19.1 Å². The fourth-order valence-electron chi connectivity index (χ4n) is 0.788. The molecule has 0 aromatic carbocycles. The molecule has 0 rings (SSSR count). The minimum absolute atomic E-state index is 0.263. The van der Waals surface area contributed by atoms with E-state index in [1.807, 2.05) is 5.43 Å². The molecule has 17 heavy (non-hydrogen) atoms. The zero-order chi connectivity index (χ0) is 13.4. The van der Waals surface area contributed by atoms with E-state index in [9.17, 15) is 13.6 Å². The Hall–Kier alpha value is -2.18. The molecule has 0 bridgehead atoms. The van der Waals surface area contributed by atoms with Gasteiger partial charge in [-0.3, -0.25) is 0 Å².